The maximum absolute atomic E-state index is 13.6. The molecule has 0 atom stereocenters. The minimum Gasteiger partial charge on any atom is -0.868 e. The molecule has 0 saturated heterocycles. The minimum atomic E-state index is -0.857. The summed E-state index contributed by atoms with van der Waals surface area (Å²) in [6.07, 6.45) is 1.07. The highest BCUT2D eigenvalue weighted by Crippen LogP contribution is 2.25. The van der Waals surface area contributed by atoms with Gasteiger partial charge in [0, 0.05) is 6.07 Å². The SMILES string of the molecule is N#C/C(=C\c1ccc([O-])c([N+](=O)[O-])c1)C(=O)c1ccccc1F. The van der Waals surface area contributed by atoms with E-state index < -0.39 is 33.5 Å². The minimum absolute atomic E-state index is 0.123. The zero-order chi connectivity index (χ0) is 17.0. The number of carbonyl (C=O) groups excluding carboxylic acids is 1. The third-order valence-electron chi connectivity index (χ3n) is 2.97. The van der Waals surface area contributed by atoms with Crippen LogP contribution in [0.25, 0.3) is 6.08 Å². The molecule has 0 amide bonds. The number of ketones is 1. The average Bonchev–Trinajstić information content (AvgIpc) is 2.53. The van der Waals surface area contributed by atoms with Crippen LogP contribution in [0.15, 0.2) is 48.0 Å². The van der Waals surface area contributed by atoms with Gasteiger partial charge in [-0.2, -0.15) is 5.26 Å². The molecule has 0 spiro atoms. The lowest BCUT2D eigenvalue weighted by Crippen LogP contribution is -2.05. The van der Waals surface area contributed by atoms with Gasteiger partial charge < -0.3 is 5.11 Å². The normalized spacial score (nSPS) is 10.9. The number of hydrogen-bond donors (Lipinski definition) is 0. The van der Waals surface area contributed by atoms with E-state index in [1.165, 1.54) is 24.3 Å². The van der Waals surface area contributed by atoms with E-state index in [0.29, 0.717) is 0 Å². The second-order valence-electron chi connectivity index (χ2n) is 4.46. The first-order chi connectivity index (χ1) is 10.9. The number of nitro groups is 1. The fraction of sp³-hybridized carbons (Fsp3) is 0. The molecule has 2 rings (SSSR count). The fourth-order valence-corrected chi connectivity index (χ4v) is 1.87. The van der Waals surface area contributed by atoms with E-state index in [0.717, 1.165) is 24.3 Å². The molecule has 0 aliphatic rings. The topological polar surface area (TPSA) is 107 Å². The van der Waals surface area contributed by atoms with Crippen molar-refractivity contribution in [2.45, 2.75) is 0 Å². The van der Waals surface area contributed by atoms with Gasteiger partial charge in [0.1, 0.15) is 17.5 Å². The first kappa shape index (κ1) is 15.9. The highest BCUT2D eigenvalue weighted by Gasteiger charge is 2.16. The van der Waals surface area contributed by atoms with E-state index in [-0.39, 0.29) is 11.1 Å². The standard InChI is InChI=1S/C16H9FN2O4/c17-13-4-2-1-3-12(13)16(21)11(9-18)7-10-5-6-15(20)14(8-10)19(22)23/h1-8,20H/p-1/b11-7+. The van der Waals surface area contributed by atoms with Gasteiger partial charge >= 0.3 is 0 Å². The molecular weight excluding hydrogens is 303 g/mol. The first-order valence-electron chi connectivity index (χ1n) is 6.30. The lowest BCUT2D eigenvalue weighted by Gasteiger charge is -2.06. The first-order valence-corrected chi connectivity index (χ1v) is 6.30. The molecule has 0 aliphatic carbocycles. The Morgan fingerprint density at radius 1 is 1.26 bits per heavy atom. The van der Waals surface area contributed by atoms with Gasteiger partial charge in [-0.15, -0.1) is 0 Å². The molecule has 0 saturated carbocycles. The number of hydrogen-bond acceptors (Lipinski definition) is 5. The Balaban J connectivity index is 2.46. The van der Waals surface area contributed by atoms with Crippen molar-refractivity contribution in [3.05, 3.63) is 75.1 Å². The van der Waals surface area contributed by atoms with Crippen LogP contribution < -0.4 is 5.11 Å². The lowest BCUT2D eigenvalue weighted by atomic mass is 10.0. The zero-order valence-corrected chi connectivity index (χ0v) is 11.5. The van der Waals surface area contributed by atoms with Crippen LogP contribution in [0, 0.1) is 27.3 Å². The van der Waals surface area contributed by atoms with Crippen LogP contribution in [-0.4, -0.2) is 10.7 Å². The summed E-state index contributed by atoms with van der Waals surface area (Å²) in [5.74, 6) is -2.41. The molecule has 7 heteroatoms. The van der Waals surface area contributed by atoms with Crippen molar-refractivity contribution >= 4 is 17.5 Å². The monoisotopic (exact) mass is 311 g/mol. The number of nitrogens with zero attached hydrogens (tertiary/aromatic N) is 2. The van der Waals surface area contributed by atoms with Gasteiger partial charge in [0.25, 0.3) is 5.69 Å². The lowest BCUT2D eigenvalue weighted by molar-refractivity contribution is -0.398. The van der Waals surface area contributed by atoms with Crippen LogP contribution >= 0.6 is 0 Å². The van der Waals surface area contributed by atoms with Crippen LogP contribution in [0.4, 0.5) is 10.1 Å². The summed E-state index contributed by atoms with van der Waals surface area (Å²) < 4.78 is 13.6. The molecule has 0 heterocycles. The number of carbonyl (C=O) groups is 1. The van der Waals surface area contributed by atoms with E-state index >= 15 is 0 Å². The largest absolute Gasteiger partial charge is 0.868 e. The van der Waals surface area contributed by atoms with Crippen molar-refractivity contribution in [2.75, 3.05) is 0 Å². The van der Waals surface area contributed by atoms with E-state index in [1.54, 1.807) is 6.07 Å². The third-order valence-corrected chi connectivity index (χ3v) is 2.97. The second-order valence-corrected chi connectivity index (χ2v) is 4.46. The van der Waals surface area contributed by atoms with E-state index in [9.17, 15) is 24.4 Å². The van der Waals surface area contributed by atoms with Crippen LogP contribution in [0.1, 0.15) is 15.9 Å². The average molecular weight is 311 g/mol. The molecule has 0 bridgehead atoms. The number of halogens is 1. The fourth-order valence-electron chi connectivity index (χ4n) is 1.87. The van der Waals surface area contributed by atoms with Gasteiger partial charge in [-0.05, 0) is 29.5 Å². The Labute approximate surface area is 129 Å². The Bertz CT molecular complexity index is 869. The number of nitro benzene ring substituents is 1. The maximum atomic E-state index is 13.6. The number of rotatable bonds is 4. The summed E-state index contributed by atoms with van der Waals surface area (Å²) in [7, 11) is 0. The quantitative estimate of drug-likeness (QED) is 0.283. The zero-order valence-electron chi connectivity index (χ0n) is 11.5. The maximum Gasteiger partial charge on any atom is 0.262 e. The molecule has 6 nitrogen and oxygen atoms in total. The molecule has 23 heavy (non-hydrogen) atoms. The van der Waals surface area contributed by atoms with Crippen LogP contribution in [0.2, 0.25) is 0 Å². The van der Waals surface area contributed by atoms with E-state index in [2.05, 4.69) is 0 Å². The van der Waals surface area contributed by atoms with Crippen molar-refractivity contribution < 1.29 is 19.2 Å². The summed E-state index contributed by atoms with van der Waals surface area (Å²) in [5.41, 5.74) is -1.23. The Kier molecular flexibility index (Phi) is 4.47. The van der Waals surface area contributed by atoms with Gasteiger partial charge in [-0.3, -0.25) is 14.9 Å². The molecule has 0 radical (unpaired) electrons. The molecule has 0 fully saturated rings. The van der Waals surface area contributed by atoms with Crippen LogP contribution in [0.3, 0.4) is 0 Å². The van der Waals surface area contributed by atoms with Crippen molar-refractivity contribution in [1.29, 1.82) is 5.26 Å². The summed E-state index contributed by atoms with van der Waals surface area (Å²) >= 11 is 0. The van der Waals surface area contributed by atoms with Gasteiger partial charge in [-0.25, -0.2) is 4.39 Å². The molecule has 0 unspecified atom stereocenters. The predicted octanol–water partition coefficient (Wildman–Crippen LogP) is 2.60. The molecule has 2 aromatic rings. The van der Waals surface area contributed by atoms with Crippen LogP contribution in [-0.2, 0) is 0 Å². The number of benzene rings is 2. The Morgan fingerprint density at radius 2 is 1.96 bits per heavy atom. The summed E-state index contributed by atoms with van der Waals surface area (Å²) in [4.78, 5) is 22.0. The summed E-state index contributed by atoms with van der Waals surface area (Å²) in [6.45, 7) is 0. The van der Waals surface area contributed by atoms with Gasteiger partial charge in [0.2, 0.25) is 5.78 Å². The van der Waals surface area contributed by atoms with Crippen molar-refractivity contribution in [3.8, 4) is 11.8 Å². The second kappa shape index (κ2) is 6.49. The smallest absolute Gasteiger partial charge is 0.262 e. The van der Waals surface area contributed by atoms with E-state index in [1.807, 2.05) is 0 Å². The summed E-state index contributed by atoms with van der Waals surface area (Å²) in [6, 6.07) is 9.95. The number of Topliss-reactive ketones (excluding diaryl/α,β-unsaturated/α-hetero) is 1. The highest BCUT2D eigenvalue weighted by molar-refractivity contribution is 6.14. The Hall–Kier alpha value is -3.53. The van der Waals surface area contributed by atoms with Crippen LogP contribution in [0.5, 0.6) is 5.75 Å². The number of allylic oxidation sites excluding steroid dienone is 1. The molecule has 2 aromatic carbocycles. The summed E-state index contributed by atoms with van der Waals surface area (Å²) in [5, 5.41) is 31.1. The molecule has 0 N–H and O–H groups in total. The Morgan fingerprint density at radius 3 is 2.57 bits per heavy atom. The molecule has 0 aliphatic heterocycles. The van der Waals surface area contributed by atoms with Crippen molar-refractivity contribution in [1.82, 2.24) is 0 Å². The van der Waals surface area contributed by atoms with Gasteiger partial charge in [0.05, 0.1) is 10.5 Å². The predicted molar refractivity (Wildman–Crippen MR) is 76.9 cm³/mol. The molecule has 0 aromatic heterocycles. The molecular formula is C16H8FN2O4-. The van der Waals surface area contributed by atoms with Gasteiger partial charge in [-0.1, -0.05) is 24.3 Å². The number of nitriles is 1. The molecule has 114 valence electrons. The third kappa shape index (κ3) is 3.39. The van der Waals surface area contributed by atoms with Gasteiger partial charge in [0.15, 0.2) is 0 Å². The van der Waals surface area contributed by atoms with E-state index in [4.69, 9.17) is 5.26 Å². The van der Waals surface area contributed by atoms with Crippen molar-refractivity contribution in [3.63, 3.8) is 0 Å². The van der Waals surface area contributed by atoms with Crippen molar-refractivity contribution in [2.24, 2.45) is 0 Å². The highest BCUT2D eigenvalue weighted by atomic mass is 19.1.